The molecule has 0 aliphatic rings. The van der Waals surface area contributed by atoms with Crippen LogP contribution in [-0.4, -0.2) is 42.5 Å². The van der Waals surface area contributed by atoms with Gasteiger partial charge in [0.05, 0.1) is 6.61 Å². The predicted octanol–water partition coefficient (Wildman–Crippen LogP) is 7.66. The van der Waals surface area contributed by atoms with E-state index in [1.807, 2.05) is 0 Å². The van der Waals surface area contributed by atoms with Crippen molar-refractivity contribution in [3.8, 4) is 5.75 Å². The molecule has 1 aromatic carbocycles. The van der Waals surface area contributed by atoms with Crippen LogP contribution >= 0.6 is 0 Å². The standard InChI is InChI=1S/C34H52O8/c1-3-5-7-9-11-13-15-17-31(35)40-26-34(38,27-41-32(36)18-16-14-12-10-8-6-4-2)23-24-39-29-21-19-28-20-22-33(37)42-30(28)25-29/h19-22,25,38H,3-18,23-24,26-27H2,1-2H3. The van der Waals surface area contributed by atoms with Crippen LogP contribution in [0.3, 0.4) is 0 Å². The van der Waals surface area contributed by atoms with E-state index in [2.05, 4.69) is 13.8 Å². The van der Waals surface area contributed by atoms with Gasteiger partial charge < -0.3 is 23.7 Å². The second kappa shape index (κ2) is 20.9. The quantitative estimate of drug-likeness (QED) is 0.0755. The Morgan fingerprint density at radius 1 is 0.738 bits per heavy atom. The summed E-state index contributed by atoms with van der Waals surface area (Å²) in [7, 11) is 0. The van der Waals surface area contributed by atoms with Crippen LogP contribution in [0.15, 0.2) is 39.5 Å². The van der Waals surface area contributed by atoms with Gasteiger partial charge in [-0.15, -0.1) is 0 Å². The normalized spacial score (nSPS) is 11.5. The van der Waals surface area contributed by atoms with Gasteiger partial charge in [0.15, 0.2) is 0 Å². The Morgan fingerprint density at radius 3 is 1.79 bits per heavy atom. The van der Waals surface area contributed by atoms with Crippen molar-refractivity contribution in [1.29, 1.82) is 0 Å². The van der Waals surface area contributed by atoms with Crippen molar-refractivity contribution in [2.75, 3.05) is 19.8 Å². The summed E-state index contributed by atoms with van der Waals surface area (Å²) in [5.41, 5.74) is -1.64. The van der Waals surface area contributed by atoms with Gasteiger partial charge in [-0.1, -0.05) is 90.9 Å². The zero-order chi connectivity index (χ0) is 30.5. The number of fused-ring (bicyclic) bond motifs is 1. The molecule has 0 fully saturated rings. The van der Waals surface area contributed by atoms with Gasteiger partial charge >= 0.3 is 17.6 Å². The molecule has 0 amide bonds. The van der Waals surface area contributed by atoms with Crippen LogP contribution in [0.1, 0.15) is 123 Å². The SMILES string of the molecule is CCCCCCCCCC(=O)OCC(O)(CCOc1ccc2ccc(=O)oc2c1)COC(=O)CCCCCCCCC. The zero-order valence-corrected chi connectivity index (χ0v) is 25.8. The Morgan fingerprint density at radius 2 is 1.24 bits per heavy atom. The van der Waals surface area contributed by atoms with Crippen molar-refractivity contribution >= 4 is 22.9 Å². The van der Waals surface area contributed by atoms with Crippen LogP contribution in [0.2, 0.25) is 0 Å². The topological polar surface area (TPSA) is 112 Å². The maximum absolute atomic E-state index is 12.4. The average molecular weight is 589 g/mol. The molecule has 1 aromatic heterocycles. The first kappa shape index (κ1) is 35.3. The molecule has 0 aliphatic carbocycles. The van der Waals surface area contributed by atoms with Crippen molar-refractivity contribution in [3.63, 3.8) is 0 Å². The molecular formula is C34H52O8. The van der Waals surface area contributed by atoms with Crippen molar-refractivity contribution in [2.24, 2.45) is 0 Å². The molecule has 42 heavy (non-hydrogen) atoms. The highest BCUT2D eigenvalue weighted by Gasteiger charge is 2.31. The molecule has 236 valence electrons. The number of carbonyl (C=O) groups excluding carboxylic acids is 2. The maximum atomic E-state index is 12.4. The van der Waals surface area contributed by atoms with Gasteiger partial charge in [0.25, 0.3) is 0 Å². The number of rotatable bonds is 24. The molecule has 0 bridgehead atoms. The second-order valence-electron chi connectivity index (χ2n) is 11.3. The molecule has 2 aromatic rings. The molecule has 2 rings (SSSR count). The molecule has 8 heteroatoms. The van der Waals surface area contributed by atoms with Crippen LogP contribution in [0.4, 0.5) is 0 Å². The number of hydrogen-bond acceptors (Lipinski definition) is 8. The van der Waals surface area contributed by atoms with Crippen molar-refractivity contribution < 1.29 is 33.3 Å². The number of aliphatic hydroxyl groups is 1. The first-order valence-electron chi connectivity index (χ1n) is 16.1. The van der Waals surface area contributed by atoms with Gasteiger partial charge in [-0.05, 0) is 31.0 Å². The van der Waals surface area contributed by atoms with Crippen molar-refractivity contribution in [2.45, 2.75) is 129 Å². The number of hydrogen-bond donors (Lipinski definition) is 1. The fourth-order valence-corrected chi connectivity index (χ4v) is 4.70. The monoisotopic (exact) mass is 588 g/mol. The Kier molecular flexibility index (Phi) is 17.6. The van der Waals surface area contributed by atoms with E-state index in [0.29, 0.717) is 24.2 Å². The Balaban J connectivity index is 1.83. The fourth-order valence-electron chi connectivity index (χ4n) is 4.70. The van der Waals surface area contributed by atoms with Crippen LogP contribution in [0.25, 0.3) is 11.0 Å². The summed E-state index contributed by atoms with van der Waals surface area (Å²) in [5.74, 6) is -0.283. The highest BCUT2D eigenvalue weighted by atomic mass is 16.6. The van der Waals surface area contributed by atoms with E-state index >= 15 is 0 Å². The number of carbonyl (C=O) groups is 2. The zero-order valence-electron chi connectivity index (χ0n) is 25.8. The minimum absolute atomic E-state index is 0.0686. The molecule has 1 heterocycles. The maximum Gasteiger partial charge on any atom is 0.336 e. The molecule has 8 nitrogen and oxygen atoms in total. The highest BCUT2D eigenvalue weighted by Crippen LogP contribution is 2.21. The van der Waals surface area contributed by atoms with Crippen molar-refractivity contribution in [3.05, 3.63) is 40.8 Å². The smallest absolute Gasteiger partial charge is 0.336 e. The summed E-state index contributed by atoms with van der Waals surface area (Å²) >= 11 is 0. The summed E-state index contributed by atoms with van der Waals surface area (Å²) in [4.78, 5) is 36.3. The highest BCUT2D eigenvalue weighted by molar-refractivity contribution is 5.77. The van der Waals surface area contributed by atoms with E-state index in [4.69, 9.17) is 18.6 Å². The molecule has 0 saturated carbocycles. The van der Waals surface area contributed by atoms with Crippen LogP contribution in [0, 0.1) is 0 Å². The summed E-state index contributed by atoms with van der Waals surface area (Å²) in [5, 5.41) is 12.0. The molecule has 0 radical (unpaired) electrons. The Bertz CT molecular complexity index is 1060. The average Bonchev–Trinajstić information content (AvgIpc) is 2.98. The number of ether oxygens (including phenoxy) is 3. The van der Waals surface area contributed by atoms with Gasteiger partial charge in [-0.2, -0.15) is 0 Å². The summed E-state index contributed by atoms with van der Waals surface area (Å²) in [6, 6.07) is 8.15. The molecule has 0 aliphatic heterocycles. The minimum atomic E-state index is -1.59. The van der Waals surface area contributed by atoms with E-state index in [1.165, 1.54) is 57.4 Å². The predicted molar refractivity (Wildman–Crippen MR) is 165 cm³/mol. The summed E-state index contributed by atoms with van der Waals surface area (Å²) < 4.78 is 21.8. The third-order valence-corrected chi connectivity index (χ3v) is 7.40. The number of unbranched alkanes of at least 4 members (excludes halogenated alkanes) is 12. The van der Waals surface area contributed by atoms with E-state index in [-0.39, 0.29) is 38.2 Å². The lowest BCUT2D eigenvalue weighted by Gasteiger charge is -2.27. The van der Waals surface area contributed by atoms with Gasteiger partial charge in [0, 0.05) is 36.8 Å². The van der Waals surface area contributed by atoms with E-state index in [9.17, 15) is 19.5 Å². The van der Waals surface area contributed by atoms with Crippen LogP contribution in [-0.2, 0) is 19.1 Å². The van der Waals surface area contributed by atoms with Gasteiger partial charge in [0.1, 0.15) is 30.1 Å². The number of esters is 2. The van der Waals surface area contributed by atoms with Gasteiger partial charge in [0.2, 0.25) is 0 Å². The summed E-state index contributed by atoms with van der Waals surface area (Å²) in [6.07, 6.45) is 16.0. The Labute approximate surface area is 251 Å². The van der Waals surface area contributed by atoms with Crippen LogP contribution in [0.5, 0.6) is 5.75 Å². The lowest BCUT2D eigenvalue weighted by Crippen LogP contribution is -2.42. The Hall–Kier alpha value is -2.87. The fraction of sp³-hybridized carbons (Fsp3) is 0.676. The molecule has 0 saturated heterocycles. The van der Waals surface area contributed by atoms with Gasteiger partial charge in [-0.25, -0.2) is 4.79 Å². The molecule has 0 atom stereocenters. The van der Waals surface area contributed by atoms with E-state index in [0.717, 1.165) is 43.9 Å². The number of benzene rings is 1. The van der Waals surface area contributed by atoms with Crippen LogP contribution < -0.4 is 10.4 Å². The lowest BCUT2D eigenvalue weighted by atomic mass is 10.0. The molecule has 0 unspecified atom stereocenters. The molecule has 0 spiro atoms. The first-order chi connectivity index (χ1) is 20.3. The molecule has 1 N–H and O–H groups in total. The third kappa shape index (κ3) is 15.4. The second-order valence-corrected chi connectivity index (χ2v) is 11.3. The molecular weight excluding hydrogens is 536 g/mol. The minimum Gasteiger partial charge on any atom is -0.493 e. The van der Waals surface area contributed by atoms with E-state index in [1.54, 1.807) is 24.3 Å². The van der Waals surface area contributed by atoms with Gasteiger partial charge in [-0.3, -0.25) is 9.59 Å². The lowest BCUT2D eigenvalue weighted by molar-refractivity contribution is -0.164. The third-order valence-electron chi connectivity index (χ3n) is 7.40. The first-order valence-corrected chi connectivity index (χ1v) is 16.1. The van der Waals surface area contributed by atoms with Crippen molar-refractivity contribution in [1.82, 2.24) is 0 Å². The largest absolute Gasteiger partial charge is 0.493 e. The summed E-state index contributed by atoms with van der Waals surface area (Å²) in [6.45, 7) is 3.87. The van der Waals surface area contributed by atoms with E-state index < -0.39 is 11.2 Å².